The van der Waals surface area contributed by atoms with Gasteiger partial charge in [0.05, 0.1) is 11.4 Å². The van der Waals surface area contributed by atoms with E-state index in [0.717, 1.165) is 34.7 Å². The van der Waals surface area contributed by atoms with E-state index in [1.54, 1.807) is 0 Å². The Balaban J connectivity index is 2.08. The first-order chi connectivity index (χ1) is 10.1. The van der Waals surface area contributed by atoms with Crippen LogP contribution in [0.15, 0.2) is 34.7 Å². The van der Waals surface area contributed by atoms with E-state index >= 15 is 0 Å². The van der Waals surface area contributed by atoms with Crippen LogP contribution in [-0.2, 0) is 6.54 Å². The number of hydrazine groups is 1. The van der Waals surface area contributed by atoms with E-state index in [-0.39, 0.29) is 6.04 Å². The predicted octanol–water partition coefficient (Wildman–Crippen LogP) is 2.82. The van der Waals surface area contributed by atoms with Crippen LogP contribution in [-0.4, -0.2) is 9.78 Å². The van der Waals surface area contributed by atoms with Crippen LogP contribution >= 0.6 is 0 Å². The van der Waals surface area contributed by atoms with E-state index in [9.17, 15) is 0 Å². The summed E-state index contributed by atoms with van der Waals surface area (Å²) in [5, 5.41) is 5.56. The summed E-state index contributed by atoms with van der Waals surface area (Å²) in [6.45, 7) is 6.90. The van der Waals surface area contributed by atoms with E-state index < -0.39 is 0 Å². The molecule has 5 nitrogen and oxygen atoms in total. The summed E-state index contributed by atoms with van der Waals surface area (Å²) in [5.41, 5.74) is 6.90. The van der Waals surface area contributed by atoms with Crippen molar-refractivity contribution in [1.82, 2.24) is 15.2 Å². The molecular formula is C16H20N4O. The second-order valence-electron chi connectivity index (χ2n) is 5.32. The van der Waals surface area contributed by atoms with Crippen LogP contribution in [0.4, 0.5) is 0 Å². The standard InChI is InChI=1S/C16H20N4O/c1-4-20-13(8-11(3)19-20)16(18-17)15-9-12-7-10(2)5-6-14(12)21-15/h5-9,16,18H,4,17H2,1-3H3. The molecule has 0 fully saturated rings. The van der Waals surface area contributed by atoms with Crippen molar-refractivity contribution >= 4 is 11.0 Å². The predicted molar refractivity (Wildman–Crippen MR) is 82.8 cm³/mol. The van der Waals surface area contributed by atoms with Crippen LogP contribution in [0, 0.1) is 13.8 Å². The Morgan fingerprint density at radius 2 is 2.10 bits per heavy atom. The number of rotatable bonds is 4. The van der Waals surface area contributed by atoms with Crippen molar-refractivity contribution in [2.24, 2.45) is 5.84 Å². The van der Waals surface area contributed by atoms with Gasteiger partial charge in [-0.15, -0.1) is 0 Å². The Labute approximate surface area is 123 Å². The monoisotopic (exact) mass is 284 g/mol. The SMILES string of the molecule is CCn1nc(C)cc1C(NN)c1cc2cc(C)ccc2o1. The Morgan fingerprint density at radius 1 is 1.29 bits per heavy atom. The number of furan rings is 1. The van der Waals surface area contributed by atoms with Gasteiger partial charge < -0.3 is 4.42 Å². The molecule has 2 heterocycles. The lowest BCUT2D eigenvalue weighted by molar-refractivity contribution is 0.451. The van der Waals surface area contributed by atoms with Crippen LogP contribution in [0.1, 0.15) is 35.7 Å². The first kappa shape index (κ1) is 13.9. The van der Waals surface area contributed by atoms with E-state index in [2.05, 4.69) is 30.4 Å². The van der Waals surface area contributed by atoms with Crippen LogP contribution in [0.25, 0.3) is 11.0 Å². The Hall–Kier alpha value is -2.11. The third kappa shape index (κ3) is 2.46. The number of hydrogen-bond acceptors (Lipinski definition) is 4. The van der Waals surface area contributed by atoms with E-state index in [1.165, 1.54) is 5.56 Å². The maximum atomic E-state index is 5.96. The number of fused-ring (bicyclic) bond motifs is 1. The lowest BCUT2D eigenvalue weighted by Crippen LogP contribution is -2.30. The molecule has 1 atom stereocenters. The fourth-order valence-electron chi connectivity index (χ4n) is 2.69. The molecule has 0 aliphatic rings. The van der Waals surface area contributed by atoms with Crippen LogP contribution < -0.4 is 11.3 Å². The Morgan fingerprint density at radius 3 is 2.81 bits per heavy atom. The zero-order valence-electron chi connectivity index (χ0n) is 12.6. The average Bonchev–Trinajstić information content (AvgIpc) is 3.03. The first-order valence-corrected chi connectivity index (χ1v) is 7.13. The molecule has 0 bridgehead atoms. The zero-order chi connectivity index (χ0) is 15.0. The van der Waals surface area contributed by atoms with Crippen molar-refractivity contribution in [2.45, 2.75) is 33.4 Å². The highest BCUT2D eigenvalue weighted by Gasteiger charge is 2.21. The molecule has 1 aromatic carbocycles. The van der Waals surface area contributed by atoms with Crippen molar-refractivity contribution in [1.29, 1.82) is 0 Å². The minimum Gasteiger partial charge on any atom is -0.459 e. The highest BCUT2D eigenvalue weighted by molar-refractivity contribution is 5.78. The minimum atomic E-state index is -0.209. The summed E-state index contributed by atoms with van der Waals surface area (Å²) in [5.74, 6) is 6.57. The largest absolute Gasteiger partial charge is 0.459 e. The topological polar surface area (TPSA) is 69.0 Å². The lowest BCUT2D eigenvalue weighted by Gasteiger charge is -2.14. The number of nitrogens with zero attached hydrogens (tertiary/aromatic N) is 2. The minimum absolute atomic E-state index is 0.209. The van der Waals surface area contributed by atoms with Crippen molar-refractivity contribution in [3.8, 4) is 0 Å². The highest BCUT2D eigenvalue weighted by Crippen LogP contribution is 2.28. The summed E-state index contributed by atoms with van der Waals surface area (Å²) in [7, 11) is 0. The van der Waals surface area contributed by atoms with Crippen LogP contribution in [0.3, 0.4) is 0 Å². The van der Waals surface area contributed by atoms with Gasteiger partial charge in [0.2, 0.25) is 0 Å². The normalized spacial score (nSPS) is 13.0. The molecule has 0 aliphatic carbocycles. The van der Waals surface area contributed by atoms with Crippen LogP contribution in [0.2, 0.25) is 0 Å². The summed E-state index contributed by atoms with van der Waals surface area (Å²) in [6.07, 6.45) is 0. The van der Waals surface area contributed by atoms with Gasteiger partial charge in [-0.05, 0) is 45.0 Å². The maximum absolute atomic E-state index is 5.96. The highest BCUT2D eigenvalue weighted by atomic mass is 16.3. The van der Waals surface area contributed by atoms with E-state index in [0.29, 0.717) is 0 Å². The smallest absolute Gasteiger partial charge is 0.134 e. The number of nitrogens with one attached hydrogen (secondary N) is 1. The van der Waals surface area contributed by atoms with Crippen LogP contribution in [0.5, 0.6) is 0 Å². The summed E-state index contributed by atoms with van der Waals surface area (Å²) < 4.78 is 7.90. The van der Waals surface area contributed by atoms with Gasteiger partial charge in [-0.25, -0.2) is 5.43 Å². The maximum Gasteiger partial charge on any atom is 0.134 e. The summed E-state index contributed by atoms with van der Waals surface area (Å²) >= 11 is 0. The molecular weight excluding hydrogens is 264 g/mol. The number of hydrogen-bond donors (Lipinski definition) is 2. The van der Waals surface area contributed by atoms with Gasteiger partial charge in [0.15, 0.2) is 0 Å². The van der Waals surface area contributed by atoms with Crippen molar-refractivity contribution in [3.05, 3.63) is 53.0 Å². The molecule has 1 unspecified atom stereocenters. The fourth-order valence-corrected chi connectivity index (χ4v) is 2.69. The van der Waals surface area contributed by atoms with Crippen molar-refractivity contribution in [2.75, 3.05) is 0 Å². The molecule has 3 N–H and O–H groups in total. The number of aromatic nitrogens is 2. The molecule has 110 valence electrons. The lowest BCUT2D eigenvalue weighted by atomic mass is 10.1. The van der Waals surface area contributed by atoms with E-state index in [1.807, 2.05) is 35.9 Å². The summed E-state index contributed by atoms with van der Waals surface area (Å²) in [4.78, 5) is 0. The van der Waals surface area contributed by atoms with Gasteiger partial charge in [0, 0.05) is 11.9 Å². The molecule has 0 saturated carbocycles. The van der Waals surface area contributed by atoms with Crippen molar-refractivity contribution < 1.29 is 4.42 Å². The molecule has 0 amide bonds. The molecule has 0 radical (unpaired) electrons. The zero-order valence-corrected chi connectivity index (χ0v) is 12.6. The van der Waals surface area contributed by atoms with Gasteiger partial charge in [-0.2, -0.15) is 5.10 Å². The number of benzene rings is 1. The number of nitrogens with two attached hydrogens (primary N) is 1. The second kappa shape index (κ2) is 5.35. The summed E-state index contributed by atoms with van der Waals surface area (Å²) in [6, 6.07) is 10.0. The average molecular weight is 284 g/mol. The molecule has 2 aromatic heterocycles. The third-order valence-electron chi connectivity index (χ3n) is 3.67. The molecule has 3 rings (SSSR count). The quantitative estimate of drug-likeness (QED) is 0.571. The van der Waals surface area contributed by atoms with E-state index in [4.69, 9.17) is 10.3 Å². The number of aryl methyl sites for hydroxylation is 3. The van der Waals surface area contributed by atoms with Gasteiger partial charge >= 0.3 is 0 Å². The van der Waals surface area contributed by atoms with Crippen molar-refractivity contribution in [3.63, 3.8) is 0 Å². The molecule has 21 heavy (non-hydrogen) atoms. The molecule has 3 aromatic rings. The molecule has 0 saturated heterocycles. The van der Waals surface area contributed by atoms with Gasteiger partial charge in [0.1, 0.15) is 17.4 Å². The molecule has 0 aliphatic heterocycles. The van der Waals surface area contributed by atoms with Gasteiger partial charge in [-0.1, -0.05) is 11.6 Å². The third-order valence-corrected chi connectivity index (χ3v) is 3.67. The molecule has 0 spiro atoms. The Kier molecular flexibility index (Phi) is 3.53. The molecule has 5 heteroatoms. The Bertz CT molecular complexity index is 772. The van der Waals surface area contributed by atoms with Gasteiger partial charge in [0.25, 0.3) is 0 Å². The fraction of sp³-hybridized carbons (Fsp3) is 0.312. The van der Waals surface area contributed by atoms with Gasteiger partial charge in [-0.3, -0.25) is 10.5 Å². The first-order valence-electron chi connectivity index (χ1n) is 7.13. The second-order valence-corrected chi connectivity index (χ2v) is 5.32.